The lowest BCUT2D eigenvalue weighted by Crippen LogP contribution is -2.27. The summed E-state index contributed by atoms with van der Waals surface area (Å²) in [6.45, 7) is 0.181. The first-order chi connectivity index (χ1) is 15.5. The summed E-state index contributed by atoms with van der Waals surface area (Å²) < 4.78 is 25.3. The maximum Gasteiger partial charge on any atom is 0.251 e. The van der Waals surface area contributed by atoms with Gasteiger partial charge in [0.2, 0.25) is 12.7 Å². The molecule has 3 aromatic carbocycles. The van der Waals surface area contributed by atoms with Crippen LogP contribution in [-0.4, -0.2) is 25.7 Å². The number of benzene rings is 3. The van der Waals surface area contributed by atoms with Crippen LogP contribution in [0.25, 0.3) is 11.1 Å². The molecule has 1 heterocycles. The Hall–Kier alpha value is -3.87. The Balaban J connectivity index is 1.38. The Morgan fingerprint density at radius 3 is 2.41 bits per heavy atom. The molecule has 2 amide bonds. The second-order valence-electron chi connectivity index (χ2n) is 7.96. The zero-order valence-electron chi connectivity index (χ0n) is 17.4. The highest BCUT2D eigenvalue weighted by Crippen LogP contribution is 2.51. The monoisotopic (exact) mass is 432 g/mol. The number of fused-ring (bicyclic) bond motifs is 1. The van der Waals surface area contributed by atoms with E-state index >= 15 is 0 Å². The lowest BCUT2D eigenvalue weighted by molar-refractivity contribution is -0.118. The molecule has 7 heteroatoms. The Bertz CT molecular complexity index is 1220. The normalized spacial score (nSPS) is 15.2. The van der Waals surface area contributed by atoms with Crippen molar-refractivity contribution >= 4 is 17.5 Å². The highest BCUT2D eigenvalue weighted by molar-refractivity contribution is 6.02. The minimum absolute atomic E-state index is 0.135. The minimum atomic E-state index is -0.620. The maximum atomic E-state index is 14.5. The number of hydrogen-bond donors (Lipinski definition) is 2. The molecule has 0 radical (unpaired) electrons. The van der Waals surface area contributed by atoms with Crippen molar-refractivity contribution < 1.29 is 23.5 Å². The lowest BCUT2D eigenvalue weighted by atomic mass is 9.94. The summed E-state index contributed by atoms with van der Waals surface area (Å²) in [5.41, 5.74) is 2.22. The number of halogens is 1. The molecule has 0 spiro atoms. The fraction of sp³-hybridized carbons (Fsp3) is 0.200. The summed E-state index contributed by atoms with van der Waals surface area (Å²) in [6, 6.07) is 16.7. The number of rotatable bonds is 5. The highest BCUT2D eigenvalue weighted by atomic mass is 19.1. The standard InChI is InChI=1S/C25H21FN2O4/c1-27-23(29)16-4-2-15(3-5-16)19-13-18(7-8-20(19)26)28-24(30)25(10-11-25)17-6-9-21-22(12-17)32-14-31-21/h2-9,12-13H,10-11,14H2,1H3,(H,27,29)(H,28,30). The molecule has 0 aromatic heterocycles. The number of carbonyl (C=O) groups excluding carboxylic acids is 2. The molecule has 6 nitrogen and oxygen atoms in total. The molecule has 1 aliphatic carbocycles. The number of amides is 2. The molecule has 1 saturated carbocycles. The average Bonchev–Trinajstić information content (AvgIpc) is 3.50. The van der Waals surface area contributed by atoms with E-state index in [1.165, 1.54) is 6.07 Å². The summed E-state index contributed by atoms with van der Waals surface area (Å²) in [5, 5.41) is 5.50. The first kappa shape index (κ1) is 20.1. The molecule has 2 N–H and O–H groups in total. The largest absolute Gasteiger partial charge is 0.454 e. The number of carbonyl (C=O) groups is 2. The summed E-state index contributed by atoms with van der Waals surface area (Å²) in [7, 11) is 1.55. The fourth-order valence-corrected chi connectivity index (χ4v) is 3.99. The molecule has 5 rings (SSSR count). The molecular formula is C25H21FN2O4. The Morgan fingerprint density at radius 1 is 0.938 bits per heavy atom. The van der Waals surface area contributed by atoms with Crippen LogP contribution in [0, 0.1) is 5.82 Å². The molecule has 0 saturated heterocycles. The number of nitrogens with one attached hydrogen (secondary N) is 2. The van der Waals surface area contributed by atoms with Gasteiger partial charge in [-0.1, -0.05) is 18.2 Å². The van der Waals surface area contributed by atoms with Gasteiger partial charge in [-0.05, 0) is 66.4 Å². The Kier molecular flexibility index (Phi) is 4.81. The predicted octanol–water partition coefficient (Wildman–Crippen LogP) is 4.25. The molecule has 3 aromatic rings. The summed E-state index contributed by atoms with van der Waals surface area (Å²) in [6.07, 6.45) is 1.46. The number of ether oxygens (including phenoxy) is 2. The molecule has 162 valence electrons. The fourth-order valence-electron chi connectivity index (χ4n) is 3.99. The maximum absolute atomic E-state index is 14.5. The van der Waals surface area contributed by atoms with Crippen LogP contribution in [0.1, 0.15) is 28.8 Å². The van der Waals surface area contributed by atoms with Gasteiger partial charge in [0.25, 0.3) is 5.91 Å². The number of anilines is 1. The van der Waals surface area contributed by atoms with Crippen molar-refractivity contribution in [2.24, 2.45) is 0 Å². The molecule has 1 aliphatic heterocycles. The quantitative estimate of drug-likeness (QED) is 0.632. The SMILES string of the molecule is CNC(=O)c1ccc(-c2cc(NC(=O)C3(c4ccc5c(c4)OCO5)CC3)ccc2F)cc1. The van der Waals surface area contributed by atoms with Crippen LogP contribution < -0.4 is 20.1 Å². The summed E-state index contributed by atoms with van der Waals surface area (Å²) >= 11 is 0. The van der Waals surface area contributed by atoms with E-state index in [1.807, 2.05) is 18.2 Å². The van der Waals surface area contributed by atoms with Gasteiger partial charge < -0.3 is 20.1 Å². The van der Waals surface area contributed by atoms with Gasteiger partial charge in [-0.3, -0.25) is 9.59 Å². The van der Waals surface area contributed by atoms with E-state index in [9.17, 15) is 14.0 Å². The summed E-state index contributed by atoms with van der Waals surface area (Å²) in [5.74, 6) is 0.564. The van der Waals surface area contributed by atoms with Gasteiger partial charge in [-0.15, -0.1) is 0 Å². The van der Waals surface area contributed by atoms with Crippen LogP contribution in [0.3, 0.4) is 0 Å². The van der Waals surface area contributed by atoms with Gasteiger partial charge >= 0.3 is 0 Å². The third kappa shape index (κ3) is 3.45. The van der Waals surface area contributed by atoms with Gasteiger partial charge in [0.15, 0.2) is 11.5 Å². The molecule has 32 heavy (non-hydrogen) atoms. The van der Waals surface area contributed by atoms with E-state index in [4.69, 9.17) is 9.47 Å². The van der Waals surface area contributed by atoms with Gasteiger partial charge in [0, 0.05) is 23.9 Å². The topological polar surface area (TPSA) is 76.7 Å². The second kappa shape index (κ2) is 7.67. The van der Waals surface area contributed by atoms with Crippen molar-refractivity contribution in [3.8, 4) is 22.6 Å². The van der Waals surface area contributed by atoms with Crippen LogP contribution in [0.5, 0.6) is 11.5 Å². The first-order valence-corrected chi connectivity index (χ1v) is 10.3. The van der Waals surface area contributed by atoms with E-state index in [-0.39, 0.29) is 18.6 Å². The van der Waals surface area contributed by atoms with E-state index in [0.717, 1.165) is 18.4 Å². The van der Waals surface area contributed by atoms with Crippen LogP contribution >= 0.6 is 0 Å². The Morgan fingerprint density at radius 2 is 1.69 bits per heavy atom. The van der Waals surface area contributed by atoms with Crippen molar-refractivity contribution in [2.45, 2.75) is 18.3 Å². The van der Waals surface area contributed by atoms with E-state index in [2.05, 4.69) is 10.6 Å². The zero-order valence-corrected chi connectivity index (χ0v) is 17.4. The van der Waals surface area contributed by atoms with Crippen LogP contribution in [-0.2, 0) is 10.2 Å². The van der Waals surface area contributed by atoms with Crippen molar-refractivity contribution in [2.75, 3.05) is 19.2 Å². The van der Waals surface area contributed by atoms with Crippen molar-refractivity contribution in [1.82, 2.24) is 5.32 Å². The van der Waals surface area contributed by atoms with E-state index in [1.54, 1.807) is 43.4 Å². The molecule has 0 unspecified atom stereocenters. The van der Waals surface area contributed by atoms with Gasteiger partial charge in [0.05, 0.1) is 5.41 Å². The molecule has 0 atom stereocenters. The smallest absolute Gasteiger partial charge is 0.251 e. The van der Waals surface area contributed by atoms with Crippen LogP contribution in [0.15, 0.2) is 60.7 Å². The summed E-state index contributed by atoms with van der Waals surface area (Å²) in [4.78, 5) is 24.9. The third-order valence-electron chi connectivity index (χ3n) is 6.02. The van der Waals surface area contributed by atoms with Crippen molar-refractivity contribution in [3.63, 3.8) is 0 Å². The van der Waals surface area contributed by atoms with Crippen molar-refractivity contribution in [1.29, 1.82) is 0 Å². The molecule has 1 fully saturated rings. The van der Waals surface area contributed by atoms with Crippen LogP contribution in [0.4, 0.5) is 10.1 Å². The Labute approximate surface area is 184 Å². The highest BCUT2D eigenvalue weighted by Gasteiger charge is 2.51. The predicted molar refractivity (Wildman–Crippen MR) is 117 cm³/mol. The van der Waals surface area contributed by atoms with Crippen LogP contribution in [0.2, 0.25) is 0 Å². The molecular weight excluding hydrogens is 411 g/mol. The minimum Gasteiger partial charge on any atom is -0.454 e. The number of hydrogen-bond acceptors (Lipinski definition) is 4. The van der Waals surface area contributed by atoms with Gasteiger partial charge in [0.1, 0.15) is 5.82 Å². The van der Waals surface area contributed by atoms with Gasteiger partial charge in [-0.2, -0.15) is 0 Å². The molecule has 2 aliphatic rings. The van der Waals surface area contributed by atoms with Crippen molar-refractivity contribution in [3.05, 3.63) is 77.6 Å². The third-order valence-corrected chi connectivity index (χ3v) is 6.02. The van der Waals surface area contributed by atoms with E-state index in [0.29, 0.717) is 33.9 Å². The molecule has 0 bridgehead atoms. The van der Waals surface area contributed by atoms with Gasteiger partial charge in [-0.25, -0.2) is 4.39 Å². The second-order valence-corrected chi connectivity index (χ2v) is 7.96. The van der Waals surface area contributed by atoms with E-state index < -0.39 is 11.2 Å². The average molecular weight is 432 g/mol. The lowest BCUT2D eigenvalue weighted by Gasteiger charge is -2.17. The zero-order chi connectivity index (χ0) is 22.3. The first-order valence-electron chi connectivity index (χ1n) is 10.3.